The standard InChI is InChI=1S/C15H15ClN2O5/c1-8(17-11(19)7-22-2)14-12(15(20)21)13(18-23-14)9-3-5-10(16)6-4-9/h3-6,8H,7H2,1-2H3,(H,17,19)(H,20,21)/t8-/m1/s1. The summed E-state index contributed by atoms with van der Waals surface area (Å²) < 4.78 is 9.88. The highest BCUT2D eigenvalue weighted by atomic mass is 35.5. The topological polar surface area (TPSA) is 102 Å². The average Bonchev–Trinajstić information content (AvgIpc) is 2.93. The van der Waals surface area contributed by atoms with Crippen LogP contribution < -0.4 is 5.32 Å². The van der Waals surface area contributed by atoms with Crippen molar-refractivity contribution in [2.45, 2.75) is 13.0 Å². The van der Waals surface area contributed by atoms with E-state index in [0.717, 1.165) is 0 Å². The third-order valence-corrected chi connectivity index (χ3v) is 3.35. The average molecular weight is 339 g/mol. The number of nitrogens with one attached hydrogen (secondary N) is 1. The van der Waals surface area contributed by atoms with Gasteiger partial charge >= 0.3 is 5.97 Å². The first kappa shape index (κ1) is 17.0. The molecule has 0 saturated carbocycles. The minimum Gasteiger partial charge on any atom is -0.477 e. The molecule has 7 nitrogen and oxygen atoms in total. The fraction of sp³-hybridized carbons (Fsp3) is 0.267. The zero-order valence-electron chi connectivity index (χ0n) is 12.5. The summed E-state index contributed by atoms with van der Waals surface area (Å²) in [5.41, 5.74) is 0.631. The molecule has 1 atom stereocenters. The molecule has 2 aromatic rings. The Bertz CT molecular complexity index is 711. The van der Waals surface area contributed by atoms with Gasteiger partial charge in [0.05, 0.1) is 6.04 Å². The zero-order chi connectivity index (χ0) is 17.0. The number of carbonyl (C=O) groups is 2. The van der Waals surface area contributed by atoms with E-state index in [9.17, 15) is 14.7 Å². The van der Waals surface area contributed by atoms with Crippen LogP contribution in [0.4, 0.5) is 0 Å². The first-order valence-electron chi connectivity index (χ1n) is 6.71. The van der Waals surface area contributed by atoms with Gasteiger partial charge in [-0.15, -0.1) is 0 Å². The van der Waals surface area contributed by atoms with Crippen molar-refractivity contribution in [2.24, 2.45) is 0 Å². The molecule has 0 radical (unpaired) electrons. The highest BCUT2D eigenvalue weighted by Gasteiger charge is 2.27. The van der Waals surface area contributed by atoms with E-state index in [0.29, 0.717) is 10.6 Å². The summed E-state index contributed by atoms with van der Waals surface area (Å²) in [7, 11) is 1.39. The van der Waals surface area contributed by atoms with Crippen LogP contribution in [0.5, 0.6) is 0 Å². The summed E-state index contributed by atoms with van der Waals surface area (Å²) in [5.74, 6) is -1.52. The zero-order valence-corrected chi connectivity index (χ0v) is 13.3. The molecule has 2 rings (SSSR count). The number of benzene rings is 1. The molecule has 0 bridgehead atoms. The molecule has 0 unspecified atom stereocenters. The van der Waals surface area contributed by atoms with Gasteiger partial charge in [-0.3, -0.25) is 4.79 Å². The van der Waals surface area contributed by atoms with Crippen LogP contribution in [0, 0.1) is 0 Å². The van der Waals surface area contributed by atoms with Crippen LogP contribution in [-0.4, -0.2) is 35.9 Å². The fourth-order valence-electron chi connectivity index (χ4n) is 2.09. The van der Waals surface area contributed by atoms with Crippen molar-refractivity contribution in [1.29, 1.82) is 0 Å². The lowest BCUT2D eigenvalue weighted by molar-refractivity contribution is -0.125. The molecule has 0 spiro atoms. The Balaban J connectivity index is 2.37. The predicted octanol–water partition coefficient (Wildman–Crippen LogP) is 2.52. The molecule has 0 aliphatic rings. The fourth-order valence-corrected chi connectivity index (χ4v) is 2.22. The highest BCUT2D eigenvalue weighted by Crippen LogP contribution is 2.29. The van der Waals surface area contributed by atoms with Gasteiger partial charge in [-0.1, -0.05) is 28.9 Å². The third kappa shape index (κ3) is 3.88. The maximum atomic E-state index is 11.6. The largest absolute Gasteiger partial charge is 0.477 e. The number of hydrogen-bond donors (Lipinski definition) is 2. The van der Waals surface area contributed by atoms with Crippen LogP contribution in [0.3, 0.4) is 0 Å². The summed E-state index contributed by atoms with van der Waals surface area (Å²) in [5, 5.41) is 16.4. The van der Waals surface area contributed by atoms with E-state index in [2.05, 4.69) is 10.5 Å². The molecule has 1 aromatic heterocycles. The van der Waals surface area contributed by atoms with Gasteiger partial charge in [0.25, 0.3) is 0 Å². The van der Waals surface area contributed by atoms with Gasteiger partial charge in [0, 0.05) is 17.7 Å². The van der Waals surface area contributed by atoms with Crippen molar-refractivity contribution >= 4 is 23.5 Å². The van der Waals surface area contributed by atoms with Crippen molar-refractivity contribution in [3.63, 3.8) is 0 Å². The van der Waals surface area contributed by atoms with E-state index in [4.69, 9.17) is 20.9 Å². The summed E-state index contributed by atoms with van der Waals surface area (Å²) in [4.78, 5) is 23.2. The van der Waals surface area contributed by atoms with Gasteiger partial charge in [0.15, 0.2) is 5.76 Å². The van der Waals surface area contributed by atoms with Gasteiger partial charge in [0.1, 0.15) is 17.9 Å². The summed E-state index contributed by atoms with van der Waals surface area (Å²) >= 11 is 5.82. The van der Waals surface area contributed by atoms with Crippen molar-refractivity contribution in [3.8, 4) is 11.3 Å². The highest BCUT2D eigenvalue weighted by molar-refractivity contribution is 6.30. The second kappa shape index (κ2) is 7.26. The Morgan fingerprint density at radius 3 is 2.61 bits per heavy atom. The number of nitrogens with zero attached hydrogens (tertiary/aromatic N) is 1. The molecule has 2 N–H and O–H groups in total. The number of amides is 1. The van der Waals surface area contributed by atoms with Gasteiger partial charge in [0.2, 0.25) is 5.91 Å². The Morgan fingerprint density at radius 1 is 1.39 bits per heavy atom. The molecule has 0 saturated heterocycles. The molecule has 0 fully saturated rings. The van der Waals surface area contributed by atoms with Crippen molar-refractivity contribution < 1.29 is 24.0 Å². The van der Waals surface area contributed by atoms with Crippen LogP contribution in [0.2, 0.25) is 5.02 Å². The SMILES string of the molecule is COCC(=O)N[C@H](C)c1onc(-c2ccc(Cl)cc2)c1C(=O)O. The molecule has 8 heteroatoms. The van der Waals surface area contributed by atoms with Crippen LogP contribution in [0.1, 0.15) is 29.1 Å². The molecular formula is C15H15ClN2O5. The third-order valence-electron chi connectivity index (χ3n) is 3.10. The lowest BCUT2D eigenvalue weighted by atomic mass is 10.0. The first-order valence-corrected chi connectivity index (χ1v) is 7.09. The monoisotopic (exact) mass is 338 g/mol. The van der Waals surface area contributed by atoms with Crippen molar-refractivity contribution in [3.05, 3.63) is 40.6 Å². The molecule has 0 aliphatic carbocycles. The number of aromatic carboxylic acids is 1. The molecule has 1 heterocycles. The van der Waals surface area contributed by atoms with E-state index in [-0.39, 0.29) is 29.5 Å². The van der Waals surface area contributed by atoms with E-state index >= 15 is 0 Å². The molecule has 23 heavy (non-hydrogen) atoms. The van der Waals surface area contributed by atoms with Gasteiger partial charge in [-0.2, -0.15) is 0 Å². The van der Waals surface area contributed by atoms with Gasteiger partial charge in [-0.05, 0) is 19.1 Å². The Hall–Kier alpha value is -2.38. The number of methoxy groups -OCH3 is 1. The molecule has 122 valence electrons. The Morgan fingerprint density at radius 2 is 2.04 bits per heavy atom. The summed E-state index contributed by atoms with van der Waals surface area (Å²) in [6, 6.07) is 5.87. The lowest BCUT2D eigenvalue weighted by Gasteiger charge is -2.11. The first-order chi connectivity index (χ1) is 10.9. The molecule has 1 aromatic carbocycles. The normalized spacial score (nSPS) is 12.0. The van der Waals surface area contributed by atoms with Crippen molar-refractivity contribution in [1.82, 2.24) is 10.5 Å². The number of rotatable bonds is 6. The maximum absolute atomic E-state index is 11.6. The molecule has 1 amide bonds. The number of carboxylic acids is 1. The smallest absolute Gasteiger partial charge is 0.341 e. The Labute approximate surface area is 137 Å². The summed E-state index contributed by atoms with van der Waals surface area (Å²) in [6.07, 6.45) is 0. The minimum absolute atomic E-state index is 0.0619. The number of ether oxygens (including phenoxy) is 1. The number of halogens is 1. The van der Waals surface area contributed by atoms with Crippen LogP contribution in [-0.2, 0) is 9.53 Å². The minimum atomic E-state index is -1.20. The van der Waals surface area contributed by atoms with E-state index in [1.807, 2.05) is 0 Å². The summed E-state index contributed by atoms with van der Waals surface area (Å²) in [6.45, 7) is 1.47. The number of hydrogen-bond acceptors (Lipinski definition) is 5. The number of carbonyl (C=O) groups excluding carboxylic acids is 1. The van der Waals surface area contributed by atoms with Crippen molar-refractivity contribution in [2.75, 3.05) is 13.7 Å². The van der Waals surface area contributed by atoms with E-state index in [1.165, 1.54) is 7.11 Å². The molecule has 0 aliphatic heterocycles. The van der Waals surface area contributed by atoms with Crippen LogP contribution >= 0.6 is 11.6 Å². The quantitative estimate of drug-likeness (QED) is 0.839. The number of carboxylic acid groups (broad SMARTS) is 1. The van der Waals surface area contributed by atoms with E-state index in [1.54, 1.807) is 31.2 Å². The molecular weight excluding hydrogens is 324 g/mol. The van der Waals surface area contributed by atoms with Gasteiger partial charge in [-0.25, -0.2) is 4.79 Å². The Kier molecular flexibility index (Phi) is 5.36. The number of aromatic nitrogens is 1. The lowest BCUT2D eigenvalue weighted by Crippen LogP contribution is -2.30. The van der Waals surface area contributed by atoms with Crippen LogP contribution in [0.25, 0.3) is 11.3 Å². The van der Waals surface area contributed by atoms with Crippen LogP contribution in [0.15, 0.2) is 28.8 Å². The second-order valence-corrected chi connectivity index (χ2v) is 5.24. The maximum Gasteiger partial charge on any atom is 0.341 e. The van der Waals surface area contributed by atoms with Gasteiger partial charge < -0.3 is 19.7 Å². The second-order valence-electron chi connectivity index (χ2n) is 4.80. The predicted molar refractivity (Wildman–Crippen MR) is 82.3 cm³/mol. The van der Waals surface area contributed by atoms with E-state index < -0.39 is 12.0 Å².